The van der Waals surface area contributed by atoms with Gasteiger partial charge in [0.2, 0.25) is 0 Å². The van der Waals surface area contributed by atoms with Crippen LogP contribution in [0.25, 0.3) is 144 Å². The molecule has 12 aromatic carbocycles. The van der Waals surface area contributed by atoms with Gasteiger partial charge in [0.25, 0.3) is 0 Å². The lowest BCUT2D eigenvalue weighted by Crippen LogP contribution is -2.15. The molecule has 0 spiro atoms. The van der Waals surface area contributed by atoms with Crippen LogP contribution in [-0.4, -0.2) is 0 Å². The lowest BCUT2D eigenvalue weighted by molar-refractivity contribution is 0.590. The summed E-state index contributed by atoms with van der Waals surface area (Å²) in [4.78, 5) is 0. The molecular formula is C79H62. The van der Waals surface area contributed by atoms with E-state index >= 15 is 0 Å². The molecule has 0 heterocycles. The number of hydrogen-bond acceptors (Lipinski definition) is 0. The highest BCUT2D eigenvalue weighted by molar-refractivity contribution is 6.20. The van der Waals surface area contributed by atoms with Gasteiger partial charge in [0, 0.05) is 5.41 Å². The Morgan fingerprint density at radius 1 is 0.228 bits per heavy atom. The summed E-state index contributed by atoms with van der Waals surface area (Å²) in [6, 6.07) is 87.9. The van der Waals surface area contributed by atoms with Crippen molar-refractivity contribution in [3.63, 3.8) is 0 Å². The van der Waals surface area contributed by atoms with E-state index in [0.717, 1.165) is 0 Å². The van der Waals surface area contributed by atoms with E-state index in [2.05, 4.69) is 286 Å². The molecule has 15 rings (SSSR count). The monoisotopic (exact) mass is 1010 g/mol. The van der Waals surface area contributed by atoms with Crippen LogP contribution in [0.1, 0.15) is 77.6 Å². The average Bonchev–Trinajstić information content (AvgIpc) is 4.30. The Labute approximate surface area is 465 Å². The average molecular weight is 1010 g/mol. The second kappa shape index (κ2) is 17.1. The molecule has 0 saturated carbocycles. The van der Waals surface area contributed by atoms with Crippen LogP contribution in [0.5, 0.6) is 0 Å². The summed E-state index contributed by atoms with van der Waals surface area (Å²) in [5.74, 6) is 0. The maximum Gasteiger partial charge on any atom is 0.0159 e. The Hall–Kier alpha value is -8.84. The molecule has 0 aliphatic heterocycles. The quantitative estimate of drug-likeness (QED) is 0.156. The number of fused-ring (bicyclic) bond motifs is 9. The molecule has 0 saturated heterocycles. The first-order valence-electron chi connectivity index (χ1n) is 28.3. The topological polar surface area (TPSA) is 0 Å². The van der Waals surface area contributed by atoms with Crippen LogP contribution in [0.4, 0.5) is 0 Å². The van der Waals surface area contributed by atoms with Gasteiger partial charge < -0.3 is 0 Å². The molecule has 0 radical (unpaired) electrons. The van der Waals surface area contributed by atoms with E-state index in [1.54, 1.807) is 0 Å². The molecule has 378 valence electrons. The van der Waals surface area contributed by atoms with E-state index in [0.29, 0.717) is 0 Å². The van der Waals surface area contributed by atoms with Crippen LogP contribution in [-0.2, 0) is 16.2 Å². The summed E-state index contributed by atoms with van der Waals surface area (Å²) < 4.78 is 0. The fraction of sp³-hybridized carbons (Fsp3) is 0.139. The zero-order chi connectivity index (χ0) is 53.7. The standard InChI is InChI=1S/C79H62/c1-77(2,3)57-33-37-61-69-41-39-59(65-11-9-13-67(75(65)69)71(61)45-57)53-27-23-50(24-28-53)48-17-15-47(16-18-48)49-19-21-51(22-20-49)55-31-35-63-64-36-32-56(44-74(64)79(7,8)73(63)43-55)52-25-29-54(30-26-52)60-40-42-70-62-38-34-58(78(4,5)6)46-72(62)68-14-10-12-66(60)76(68)70/h9-46H,1-8H3. The van der Waals surface area contributed by atoms with Crippen molar-refractivity contribution in [2.75, 3.05) is 0 Å². The zero-order valence-electron chi connectivity index (χ0n) is 46.4. The van der Waals surface area contributed by atoms with Gasteiger partial charge in [-0.15, -0.1) is 0 Å². The minimum absolute atomic E-state index is 0.101. The summed E-state index contributed by atoms with van der Waals surface area (Å²) in [6.45, 7) is 18.6. The van der Waals surface area contributed by atoms with Crippen molar-refractivity contribution >= 4 is 21.5 Å². The SMILES string of the molecule is CC(C)(C)c1ccc2c(c1)-c1cccc3c(-c4ccc(-c5ccc(-c6ccc(-c7ccc8c(c7)C(C)(C)c7cc(-c9ccc(-c%10ccc%11c%12c(cccc%10%12)-c%10cc(C(C)(C)C)ccc%10-%11)cc9)ccc7-8)cc6)cc5)cc4)ccc-2c13. The lowest BCUT2D eigenvalue weighted by Gasteiger charge is -2.22. The Morgan fingerprint density at radius 2 is 0.506 bits per heavy atom. The summed E-state index contributed by atoms with van der Waals surface area (Å²) in [5, 5.41) is 5.38. The highest BCUT2D eigenvalue weighted by atomic mass is 14.4. The minimum atomic E-state index is -0.144. The zero-order valence-corrected chi connectivity index (χ0v) is 46.4. The normalized spacial score (nSPS) is 13.4. The van der Waals surface area contributed by atoms with E-state index in [9.17, 15) is 0 Å². The van der Waals surface area contributed by atoms with Gasteiger partial charge in [-0.1, -0.05) is 262 Å². The van der Waals surface area contributed by atoms with Crippen LogP contribution >= 0.6 is 0 Å². The largest absolute Gasteiger partial charge is 0.0610 e. The summed E-state index contributed by atoms with van der Waals surface area (Å²) >= 11 is 0. The van der Waals surface area contributed by atoms with Crippen molar-refractivity contribution in [1.29, 1.82) is 0 Å². The molecule has 0 heteroatoms. The van der Waals surface area contributed by atoms with Crippen molar-refractivity contribution in [3.05, 3.63) is 253 Å². The molecule has 0 unspecified atom stereocenters. The fourth-order valence-corrected chi connectivity index (χ4v) is 13.6. The first-order chi connectivity index (χ1) is 38.2. The van der Waals surface area contributed by atoms with Crippen LogP contribution in [0.3, 0.4) is 0 Å². The Balaban J connectivity index is 0.644. The van der Waals surface area contributed by atoms with Crippen LogP contribution in [0, 0.1) is 0 Å². The molecule has 0 fully saturated rings. The molecule has 0 atom stereocenters. The second-order valence-corrected chi connectivity index (χ2v) is 25.3. The molecule has 0 bridgehead atoms. The van der Waals surface area contributed by atoms with Crippen molar-refractivity contribution in [1.82, 2.24) is 0 Å². The summed E-state index contributed by atoms with van der Waals surface area (Å²) in [7, 11) is 0. The van der Waals surface area contributed by atoms with Crippen molar-refractivity contribution in [2.24, 2.45) is 0 Å². The molecule has 3 aliphatic carbocycles. The molecular weight excluding hydrogens is 949 g/mol. The van der Waals surface area contributed by atoms with Gasteiger partial charge in [-0.3, -0.25) is 0 Å². The van der Waals surface area contributed by atoms with Crippen LogP contribution < -0.4 is 0 Å². The third-order valence-electron chi connectivity index (χ3n) is 18.2. The van der Waals surface area contributed by atoms with Gasteiger partial charge in [-0.05, 0) is 201 Å². The van der Waals surface area contributed by atoms with Gasteiger partial charge in [-0.2, -0.15) is 0 Å². The van der Waals surface area contributed by atoms with E-state index in [1.807, 2.05) is 0 Å². The fourth-order valence-electron chi connectivity index (χ4n) is 13.6. The summed E-state index contributed by atoms with van der Waals surface area (Å²) in [5.41, 5.74) is 33.9. The van der Waals surface area contributed by atoms with Crippen molar-refractivity contribution < 1.29 is 0 Å². The van der Waals surface area contributed by atoms with Gasteiger partial charge in [-0.25, -0.2) is 0 Å². The first kappa shape index (κ1) is 47.4. The Bertz CT molecular complexity index is 4510. The van der Waals surface area contributed by atoms with Gasteiger partial charge in [0.05, 0.1) is 0 Å². The second-order valence-electron chi connectivity index (χ2n) is 25.3. The molecule has 12 aromatic rings. The predicted octanol–water partition coefficient (Wildman–Crippen LogP) is 22.2. The van der Waals surface area contributed by atoms with Crippen LogP contribution in [0.15, 0.2) is 231 Å². The molecule has 3 aliphatic rings. The maximum absolute atomic E-state index is 2.44. The number of rotatable bonds is 6. The Morgan fingerprint density at radius 3 is 0.861 bits per heavy atom. The highest BCUT2D eigenvalue weighted by Crippen LogP contribution is 2.54. The van der Waals surface area contributed by atoms with E-state index in [1.165, 1.54) is 166 Å². The number of benzene rings is 12. The van der Waals surface area contributed by atoms with Gasteiger partial charge in [0.15, 0.2) is 0 Å². The third-order valence-corrected chi connectivity index (χ3v) is 18.2. The predicted molar refractivity (Wildman–Crippen MR) is 338 cm³/mol. The van der Waals surface area contributed by atoms with E-state index < -0.39 is 0 Å². The smallest absolute Gasteiger partial charge is 0.0159 e. The summed E-state index contributed by atoms with van der Waals surface area (Å²) in [6.07, 6.45) is 0. The maximum atomic E-state index is 2.44. The van der Waals surface area contributed by atoms with E-state index in [-0.39, 0.29) is 16.2 Å². The van der Waals surface area contributed by atoms with Crippen molar-refractivity contribution in [3.8, 4) is 122 Å². The minimum Gasteiger partial charge on any atom is -0.0610 e. The van der Waals surface area contributed by atoms with E-state index in [4.69, 9.17) is 0 Å². The molecule has 0 N–H and O–H groups in total. The molecule has 79 heavy (non-hydrogen) atoms. The van der Waals surface area contributed by atoms with Crippen molar-refractivity contribution in [2.45, 2.75) is 71.6 Å². The Kier molecular flexibility index (Phi) is 10.2. The lowest BCUT2D eigenvalue weighted by atomic mass is 9.80. The third kappa shape index (κ3) is 7.41. The molecule has 0 aromatic heterocycles. The van der Waals surface area contributed by atoms with Gasteiger partial charge in [0.1, 0.15) is 0 Å². The van der Waals surface area contributed by atoms with Crippen LogP contribution in [0.2, 0.25) is 0 Å². The molecule has 0 nitrogen and oxygen atoms in total. The van der Waals surface area contributed by atoms with Gasteiger partial charge >= 0.3 is 0 Å². The first-order valence-corrected chi connectivity index (χ1v) is 28.3. The molecule has 0 amide bonds. The number of hydrogen-bond donors (Lipinski definition) is 0. The highest BCUT2D eigenvalue weighted by Gasteiger charge is 2.36.